The molecule has 0 bridgehead atoms. The molecule has 1 aromatic carbocycles. The molecule has 12 heavy (non-hydrogen) atoms. The maximum atomic E-state index is 10.6. The summed E-state index contributed by atoms with van der Waals surface area (Å²) in [6.45, 7) is 0. The molecule has 0 amide bonds. The molecule has 1 rings (SSSR count). The molecule has 0 aliphatic carbocycles. The van der Waals surface area contributed by atoms with Gasteiger partial charge in [-0.2, -0.15) is 0 Å². The monoisotopic (exact) mass is 180 g/mol. The second kappa shape index (κ2) is 4.15. The lowest BCUT2D eigenvalue weighted by Gasteiger charge is -2.02. The molecule has 0 heterocycles. The molecular weight excluding hydrogens is 171 g/mol. The quantitative estimate of drug-likeness (QED) is 0.632. The first kappa shape index (κ1) is 9.11. The second-order valence-electron chi connectivity index (χ2n) is 2.27. The minimum Gasteiger partial charge on any atom is -0.497 e. The Hall–Kier alpha value is -0.978. The van der Waals surface area contributed by atoms with Gasteiger partial charge in [-0.1, -0.05) is 0 Å². The number of hydrogen-bond donors (Lipinski definition) is 0. The van der Waals surface area contributed by atoms with Crippen LogP contribution in [0.2, 0.25) is 0 Å². The molecular formula is C8H9AlO3. The third-order valence-electron chi connectivity index (χ3n) is 1.32. The van der Waals surface area contributed by atoms with Crippen molar-refractivity contribution in [3.8, 4) is 11.5 Å². The minimum absolute atomic E-state index is 0.180. The molecule has 0 N–H and O–H groups in total. The van der Waals surface area contributed by atoms with E-state index in [1.807, 2.05) is 0 Å². The van der Waals surface area contributed by atoms with Gasteiger partial charge >= 0.3 is 16.3 Å². The molecule has 0 fully saturated rings. The van der Waals surface area contributed by atoms with Crippen LogP contribution < -0.4 is 9.47 Å². The molecule has 1 aromatic rings. The van der Waals surface area contributed by atoms with Crippen molar-refractivity contribution in [2.75, 3.05) is 7.11 Å². The summed E-state index contributed by atoms with van der Waals surface area (Å²) in [7, 11) is 1.59. The topological polar surface area (TPSA) is 35.5 Å². The van der Waals surface area contributed by atoms with E-state index in [1.54, 1.807) is 31.4 Å². The van der Waals surface area contributed by atoms with Crippen LogP contribution in [0.25, 0.3) is 0 Å². The van der Waals surface area contributed by atoms with Gasteiger partial charge in [0.2, 0.25) is 0 Å². The number of rotatable bonds is 2. The summed E-state index contributed by atoms with van der Waals surface area (Å²) in [4.78, 5) is 10.4. The average molecular weight is 180 g/mol. The van der Waals surface area contributed by atoms with Crippen LogP contribution in [0, 0.1) is 0 Å². The normalized spacial score (nSPS) is 9.08. The summed E-state index contributed by atoms with van der Waals surface area (Å²) < 4.78 is 9.82. The smallest absolute Gasteiger partial charge is 0.389 e. The van der Waals surface area contributed by atoms with Crippen molar-refractivity contribution in [3.63, 3.8) is 0 Å². The summed E-state index contributed by atoms with van der Waals surface area (Å²) in [5.74, 6) is 1.32. The summed E-state index contributed by atoms with van der Waals surface area (Å²) in [6, 6.07) is 6.91. The van der Waals surface area contributed by atoms with Gasteiger partial charge in [0.25, 0.3) is 0 Å². The summed E-state index contributed by atoms with van der Waals surface area (Å²) in [5.41, 5.74) is 0. The molecule has 0 saturated heterocycles. The van der Waals surface area contributed by atoms with Crippen LogP contribution in [-0.4, -0.2) is 28.2 Å². The van der Waals surface area contributed by atoms with Crippen LogP contribution >= 0.6 is 0 Å². The fourth-order valence-electron chi connectivity index (χ4n) is 0.810. The fourth-order valence-corrected chi connectivity index (χ4v) is 1.05. The van der Waals surface area contributed by atoms with E-state index in [1.165, 1.54) is 0 Å². The van der Waals surface area contributed by atoms with Crippen molar-refractivity contribution < 1.29 is 14.3 Å². The van der Waals surface area contributed by atoms with E-state index in [0.717, 1.165) is 5.75 Å². The highest BCUT2D eigenvalue weighted by Gasteiger charge is 1.96. The zero-order valence-electron chi connectivity index (χ0n) is 7.03. The van der Waals surface area contributed by atoms with Gasteiger partial charge in [-0.15, -0.1) is 0 Å². The largest absolute Gasteiger partial charge is 0.497 e. The van der Waals surface area contributed by atoms with Gasteiger partial charge in [-0.3, -0.25) is 4.79 Å². The van der Waals surface area contributed by atoms with Crippen LogP contribution in [0.4, 0.5) is 4.79 Å². The Morgan fingerprint density at radius 3 is 2.17 bits per heavy atom. The Morgan fingerprint density at radius 2 is 1.75 bits per heavy atom. The van der Waals surface area contributed by atoms with Crippen molar-refractivity contribution in [2.24, 2.45) is 0 Å². The number of carbonyl (C=O) groups is 1. The van der Waals surface area contributed by atoms with E-state index in [2.05, 4.69) is 0 Å². The minimum atomic E-state index is -0.180. The Labute approximate surface area is 78.7 Å². The first-order valence-electron chi connectivity index (χ1n) is 3.55. The van der Waals surface area contributed by atoms with Crippen molar-refractivity contribution in [3.05, 3.63) is 24.3 Å². The third-order valence-corrected chi connectivity index (χ3v) is 1.53. The first-order valence-corrected chi connectivity index (χ1v) is 4.55. The fraction of sp³-hybridized carbons (Fsp3) is 0.125. The first-order chi connectivity index (χ1) is 5.72. The highest BCUT2D eigenvalue weighted by Crippen LogP contribution is 2.16. The molecule has 0 aromatic heterocycles. The van der Waals surface area contributed by atoms with Crippen LogP contribution in [0.3, 0.4) is 0 Å². The highest BCUT2D eigenvalue weighted by molar-refractivity contribution is 6.55. The number of ether oxygens (including phenoxy) is 2. The molecule has 0 aliphatic rings. The predicted molar refractivity (Wildman–Crippen MR) is 47.6 cm³/mol. The lowest BCUT2D eigenvalue weighted by Crippen LogP contribution is -2.03. The molecule has 0 aliphatic heterocycles. The maximum absolute atomic E-state index is 10.6. The van der Waals surface area contributed by atoms with Gasteiger partial charge in [0.1, 0.15) is 11.5 Å². The van der Waals surface area contributed by atoms with E-state index < -0.39 is 0 Å². The summed E-state index contributed by atoms with van der Waals surface area (Å²) in [6.07, 6.45) is 0. The number of benzene rings is 1. The standard InChI is InChI=1S/C8H7O3.Al.2H/c1-10-7-2-4-8(5-3-7)11-6-9;;;/h2-5H,1H3;;;. The van der Waals surface area contributed by atoms with Crippen LogP contribution in [0.1, 0.15) is 0 Å². The molecule has 62 valence electrons. The van der Waals surface area contributed by atoms with Gasteiger partial charge < -0.3 is 9.47 Å². The van der Waals surface area contributed by atoms with Crippen LogP contribution in [0.5, 0.6) is 11.5 Å². The molecule has 0 spiro atoms. The molecule has 4 heteroatoms. The SMILES string of the molecule is COc1ccc(O[C](=O)[AlH2])cc1. The van der Waals surface area contributed by atoms with E-state index in [4.69, 9.17) is 9.47 Å². The Morgan fingerprint density at radius 1 is 1.25 bits per heavy atom. The number of hydrogen-bond acceptors (Lipinski definition) is 3. The number of methoxy groups -OCH3 is 1. The van der Waals surface area contributed by atoms with Gasteiger partial charge in [0.05, 0.1) is 7.11 Å². The summed E-state index contributed by atoms with van der Waals surface area (Å²) in [5, 5.41) is 0. The van der Waals surface area contributed by atoms with E-state index in [0.29, 0.717) is 22.0 Å². The van der Waals surface area contributed by atoms with E-state index in [-0.39, 0.29) is 4.83 Å². The van der Waals surface area contributed by atoms with E-state index >= 15 is 0 Å². The Kier molecular flexibility index (Phi) is 3.15. The summed E-state index contributed by atoms with van der Waals surface area (Å²) >= 11 is 0.411. The average Bonchev–Trinajstić information content (AvgIpc) is 2.05. The van der Waals surface area contributed by atoms with Crippen molar-refractivity contribution in [1.29, 1.82) is 0 Å². The lowest BCUT2D eigenvalue weighted by molar-refractivity contribution is 0.225. The number of carbonyl (C=O) groups excluding carboxylic acids is 1. The maximum Gasteiger partial charge on any atom is 0.389 e. The molecule has 3 nitrogen and oxygen atoms in total. The zero-order chi connectivity index (χ0) is 8.97. The highest BCUT2D eigenvalue weighted by atomic mass is 27.0. The molecule has 0 unspecified atom stereocenters. The predicted octanol–water partition coefficient (Wildman–Crippen LogP) is 0.827. The van der Waals surface area contributed by atoms with Gasteiger partial charge in [-0.25, -0.2) is 0 Å². The zero-order valence-corrected chi connectivity index (χ0v) is 9.03. The second-order valence-corrected chi connectivity index (χ2v) is 3.09. The Bertz CT molecular complexity index is 268. The molecule has 0 saturated carbocycles. The molecule has 0 radical (unpaired) electrons. The van der Waals surface area contributed by atoms with Crippen molar-refractivity contribution >= 4 is 21.1 Å². The lowest BCUT2D eigenvalue weighted by atomic mass is 10.3. The Balaban J connectivity index is 2.71. The van der Waals surface area contributed by atoms with Crippen molar-refractivity contribution in [1.82, 2.24) is 0 Å². The molecule has 0 atom stereocenters. The van der Waals surface area contributed by atoms with Gasteiger partial charge in [0.15, 0.2) is 4.83 Å². The van der Waals surface area contributed by atoms with Gasteiger partial charge in [-0.05, 0) is 24.3 Å². The van der Waals surface area contributed by atoms with Crippen LogP contribution in [0.15, 0.2) is 24.3 Å². The van der Waals surface area contributed by atoms with Gasteiger partial charge in [0, 0.05) is 0 Å². The van der Waals surface area contributed by atoms with E-state index in [9.17, 15) is 4.79 Å². The third kappa shape index (κ3) is 2.57. The van der Waals surface area contributed by atoms with Crippen molar-refractivity contribution in [2.45, 2.75) is 0 Å². The van der Waals surface area contributed by atoms with Crippen LogP contribution in [-0.2, 0) is 0 Å².